The Hall–Kier alpha value is -1.16. The third-order valence-electron chi connectivity index (χ3n) is 5.18. The minimum Gasteiger partial charge on any atom is -0.343 e. The van der Waals surface area contributed by atoms with Crippen molar-refractivity contribution in [3.05, 3.63) is 33.3 Å². The van der Waals surface area contributed by atoms with Crippen molar-refractivity contribution in [2.75, 3.05) is 0 Å². The van der Waals surface area contributed by atoms with Gasteiger partial charge in [-0.2, -0.15) is 0 Å². The first-order chi connectivity index (χ1) is 10.4. The van der Waals surface area contributed by atoms with Gasteiger partial charge in [0.05, 0.1) is 5.54 Å². The van der Waals surface area contributed by atoms with Gasteiger partial charge in [-0.05, 0) is 67.3 Å². The highest BCUT2D eigenvalue weighted by Crippen LogP contribution is 2.46. The van der Waals surface area contributed by atoms with Gasteiger partial charge in [-0.1, -0.05) is 29.8 Å². The number of Topliss-reactive ketones (excluding diaryl/α,β-unsaturated/α-hetero) is 1. The molecule has 1 saturated heterocycles. The van der Waals surface area contributed by atoms with E-state index in [9.17, 15) is 9.59 Å². The van der Waals surface area contributed by atoms with E-state index >= 15 is 0 Å². The van der Waals surface area contributed by atoms with Crippen molar-refractivity contribution >= 4 is 27.6 Å². The first-order valence-electron chi connectivity index (χ1n) is 8.09. The summed E-state index contributed by atoms with van der Waals surface area (Å²) in [4.78, 5) is 25.7. The highest BCUT2D eigenvalue weighted by atomic mass is 79.9. The number of nitrogens with one attached hydrogen (secondary N) is 1. The lowest BCUT2D eigenvalue weighted by atomic mass is 9.81. The number of benzene rings is 1. The third-order valence-corrected chi connectivity index (χ3v) is 5.64. The number of hydrogen-bond donors (Lipinski definition) is 1. The summed E-state index contributed by atoms with van der Waals surface area (Å²) in [6.07, 6.45) is 3.71. The Kier molecular flexibility index (Phi) is 3.92. The number of amides is 1. The molecule has 1 saturated carbocycles. The number of rotatable bonds is 4. The van der Waals surface area contributed by atoms with Crippen LogP contribution in [0.25, 0.3) is 0 Å². The van der Waals surface area contributed by atoms with Crippen LogP contribution in [0.15, 0.2) is 16.6 Å². The second-order valence-electron chi connectivity index (χ2n) is 6.61. The molecule has 1 heterocycles. The molecule has 1 aromatic rings. The quantitative estimate of drug-likeness (QED) is 0.831. The summed E-state index contributed by atoms with van der Waals surface area (Å²) >= 11 is 3.54. The van der Waals surface area contributed by atoms with Crippen LogP contribution in [0.2, 0.25) is 0 Å². The van der Waals surface area contributed by atoms with E-state index in [0.29, 0.717) is 5.92 Å². The van der Waals surface area contributed by atoms with Gasteiger partial charge in [0.1, 0.15) is 5.92 Å². The van der Waals surface area contributed by atoms with Gasteiger partial charge in [-0.3, -0.25) is 9.59 Å². The molecule has 0 radical (unpaired) electrons. The second kappa shape index (κ2) is 5.48. The van der Waals surface area contributed by atoms with E-state index in [0.717, 1.165) is 46.8 Å². The lowest BCUT2D eigenvalue weighted by Gasteiger charge is -2.22. The molecule has 0 aromatic heterocycles. The molecule has 2 unspecified atom stereocenters. The molecule has 2 aliphatic rings. The zero-order valence-electron chi connectivity index (χ0n) is 13.3. The van der Waals surface area contributed by atoms with Crippen LogP contribution in [-0.4, -0.2) is 17.2 Å². The predicted molar refractivity (Wildman–Crippen MR) is 89.9 cm³/mol. The van der Waals surface area contributed by atoms with Crippen LogP contribution in [0.5, 0.6) is 0 Å². The van der Waals surface area contributed by atoms with Crippen molar-refractivity contribution in [2.45, 2.75) is 57.9 Å². The molecule has 3 rings (SSSR count). The fourth-order valence-corrected chi connectivity index (χ4v) is 4.28. The van der Waals surface area contributed by atoms with Crippen LogP contribution in [0.3, 0.4) is 0 Å². The topological polar surface area (TPSA) is 46.2 Å². The average Bonchev–Trinajstić information content (AvgIpc) is 3.29. The Morgan fingerprint density at radius 1 is 1.18 bits per heavy atom. The molecular formula is C18H22BrNO2. The summed E-state index contributed by atoms with van der Waals surface area (Å²) in [5.74, 6) is -0.374. The molecule has 118 valence electrons. The number of carbonyl (C=O) groups is 2. The van der Waals surface area contributed by atoms with Gasteiger partial charge in [0.2, 0.25) is 5.91 Å². The first-order valence-corrected chi connectivity index (χ1v) is 8.89. The highest BCUT2D eigenvalue weighted by molar-refractivity contribution is 9.10. The molecule has 1 aromatic carbocycles. The molecule has 2 fully saturated rings. The summed E-state index contributed by atoms with van der Waals surface area (Å²) in [6.45, 7) is 6.05. The molecular weight excluding hydrogens is 342 g/mol. The van der Waals surface area contributed by atoms with Crippen molar-refractivity contribution in [3.63, 3.8) is 0 Å². The first kappa shape index (κ1) is 15.7. The van der Waals surface area contributed by atoms with Gasteiger partial charge in [-0.15, -0.1) is 0 Å². The molecule has 1 aliphatic heterocycles. The molecule has 22 heavy (non-hydrogen) atoms. The maximum Gasteiger partial charge on any atom is 0.235 e. The van der Waals surface area contributed by atoms with Crippen LogP contribution >= 0.6 is 15.9 Å². The summed E-state index contributed by atoms with van der Waals surface area (Å²) in [5, 5.41) is 3.01. The summed E-state index contributed by atoms with van der Waals surface area (Å²) in [6, 6.07) is 4.09. The highest BCUT2D eigenvalue weighted by Gasteiger charge is 2.57. The average molecular weight is 364 g/mol. The molecule has 0 bridgehead atoms. The van der Waals surface area contributed by atoms with Crippen molar-refractivity contribution in [3.8, 4) is 0 Å². The Bertz CT molecular complexity index is 625. The van der Waals surface area contributed by atoms with Gasteiger partial charge in [-0.25, -0.2) is 0 Å². The number of hydrogen-bond acceptors (Lipinski definition) is 2. The fraction of sp³-hybridized carbons (Fsp3) is 0.556. The SMILES string of the molecule is CCc1cc(Br)cc(CC)c1C1C(=O)NC(C)(C2CC2)C1=O. The van der Waals surface area contributed by atoms with Gasteiger partial charge >= 0.3 is 0 Å². The largest absolute Gasteiger partial charge is 0.343 e. The molecule has 2 atom stereocenters. The van der Waals surface area contributed by atoms with E-state index < -0.39 is 11.5 Å². The summed E-state index contributed by atoms with van der Waals surface area (Å²) in [7, 11) is 0. The Labute approximate surface area is 140 Å². The van der Waals surface area contributed by atoms with E-state index in [1.165, 1.54) is 0 Å². The smallest absolute Gasteiger partial charge is 0.235 e. The van der Waals surface area contributed by atoms with Crippen molar-refractivity contribution in [1.29, 1.82) is 0 Å². The van der Waals surface area contributed by atoms with Crippen LogP contribution in [0, 0.1) is 5.92 Å². The second-order valence-corrected chi connectivity index (χ2v) is 7.52. The van der Waals surface area contributed by atoms with Crippen molar-refractivity contribution < 1.29 is 9.59 Å². The minimum absolute atomic E-state index is 0.0618. The zero-order valence-corrected chi connectivity index (χ0v) is 14.9. The Morgan fingerprint density at radius 3 is 2.18 bits per heavy atom. The Balaban J connectivity index is 2.11. The molecule has 1 N–H and O–H groups in total. The van der Waals surface area contributed by atoms with Crippen LogP contribution in [0.1, 0.15) is 56.2 Å². The van der Waals surface area contributed by atoms with E-state index in [2.05, 4.69) is 35.1 Å². The lowest BCUT2D eigenvalue weighted by Crippen LogP contribution is -2.45. The maximum absolute atomic E-state index is 13.0. The monoisotopic (exact) mass is 363 g/mol. The molecule has 0 spiro atoms. The Morgan fingerprint density at radius 2 is 1.73 bits per heavy atom. The lowest BCUT2D eigenvalue weighted by molar-refractivity contribution is -0.125. The molecule has 1 amide bonds. The normalized spacial score (nSPS) is 28.1. The van der Waals surface area contributed by atoms with E-state index in [1.54, 1.807) is 0 Å². The van der Waals surface area contributed by atoms with Crippen molar-refractivity contribution in [1.82, 2.24) is 5.32 Å². The number of aryl methyl sites for hydroxylation is 2. The zero-order chi connectivity index (χ0) is 16.1. The van der Waals surface area contributed by atoms with Crippen molar-refractivity contribution in [2.24, 2.45) is 5.92 Å². The standard InChI is InChI=1S/C18H22BrNO2/c1-4-10-8-13(19)9-11(5-2)14(10)15-16(21)18(3,12-6-7-12)20-17(15)22/h8-9,12,15H,4-7H2,1-3H3,(H,20,22). The van der Waals surface area contributed by atoms with Gasteiger partial charge in [0, 0.05) is 4.47 Å². The van der Waals surface area contributed by atoms with E-state index in [-0.39, 0.29) is 11.7 Å². The van der Waals surface area contributed by atoms with Crippen LogP contribution in [0.4, 0.5) is 0 Å². The van der Waals surface area contributed by atoms with E-state index in [4.69, 9.17) is 0 Å². The number of carbonyl (C=O) groups excluding carboxylic acids is 2. The van der Waals surface area contributed by atoms with Gasteiger partial charge in [0.25, 0.3) is 0 Å². The predicted octanol–water partition coefficient (Wildman–Crippen LogP) is 3.53. The minimum atomic E-state index is -0.662. The van der Waals surface area contributed by atoms with E-state index in [1.807, 2.05) is 19.1 Å². The third kappa shape index (κ3) is 2.32. The number of halogens is 1. The molecule has 4 heteroatoms. The number of ketones is 1. The van der Waals surface area contributed by atoms with Gasteiger partial charge in [0.15, 0.2) is 5.78 Å². The summed E-state index contributed by atoms with van der Waals surface area (Å²) in [5.41, 5.74) is 2.48. The molecule has 1 aliphatic carbocycles. The summed E-state index contributed by atoms with van der Waals surface area (Å²) < 4.78 is 1.01. The molecule has 3 nitrogen and oxygen atoms in total. The van der Waals surface area contributed by atoms with Crippen LogP contribution < -0.4 is 5.32 Å². The van der Waals surface area contributed by atoms with Gasteiger partial charge < -0.3 is 5.32 Å². The fourth-order valence-electron chi connectivity index (χ4n) is 3.73. The van der Waals surface area contributed by atoms with Crippen LogP contribution in [-0.2, 0) is 22.4 Å². The maximum atomic E-state index is 13.0.